The van der Waals surface area contributed by atoms with E-state index in [1.807, 2.05) is 0 Å². The van der Waals surface area contributed by atoms with Crippen molar-refractivity contribution in [3.8, 4) is 5.75 Å². The van der Waals surface area contributed by atoms with Crippen LogP contribution in [-0.2, 0) is 11.2 Å². The van der Waals surface area contributed by atoms with E-state index in [1.54, 1.807) is 7.11 Å². The first-order chi connectivity index (χ1) is 12.5. The lowest BCUT2D eigenvalue weighted by Crippen LogP contribution is -2.56. The van der Waals surface area contributed by atoms with Crippen LogP contribution in [-0.4, -0.2) is 24.1 Å². The predicted octanol–water partition coefficient (Wildman–Crippen LogP) is 4.26. The standard InChI is InChI=1S/C23H30O3/c1-22-9-8-19-18-5-4-17(26-2)11-14(18)3-6-20(19)23(22)10-7-16(24)12-15(23)13-21(22)25/h4-5,11,15-16,19-20,24H,3,6-10,12-13H2,1-2H3/t15-,16+,19-,20-,22-,23-/m1/s1. The Kier molecular flexibility index (Phi) is 3.60. The minimum atomic E-state index is -0.207. The summed E-state index contributed by atoms with van der Waals surface area (Å²) in [7, 11) is 1.74. The minimum Gasteiger partial charge on any atom is -0.497 e. The summed E-state index contributed by atoms with van der Waals surface area (Å²) in [4.78, 5) is 13.1. The van der Waals surface area contributed by atoms with Crippen molar-refractivity contribution in [1.29, 1.82) is 0 Å². The Labute approximate surface area is 156 Å². The Balaban J connectivity index is 1.60. The Bertz CT molecular complexity index is 756. The fourth-order valence-corrected chi connectivity index (χ4v) is 7.67. The molecule has 0 amide bonds. The molecule has 1 aromatic carbocycles. The molecule has 4 aliphatic carbocycles. The van der Waals surface area contributed by atoms with E-state index in [-0.39, 0.29) is 16.9 Å². The molecule has 3 heteroatoms. The van der Waals surface area contributed by atoms with Crippen molar-refractivity contribution < 1.29 is 14.6 Å². The maximum absolute atomic E-state index is 13.1. The van der Waals surface area contributed by atoms with E-state index < -0.39 is 0 Å². The second-order valence-corrected chi connectivity index (χ2v) is 9.48. The third-order valence-electron chi connectivity index (χ3n) is 8.83. The second-order valence-electron chi connectivity index (χ2n) is 9.48. The number of methoxy groups -OCH3 is 1. The van der Waals surface area contributed by atoms with Gasteiger partial charge in [0, 0.05) is 11.8 Å². The molecule has 1 aromatic rings. The number of hydrogen-bond acceptors (Lipinski definition) is 3. The number of ether oxygens (including phenoxy) is 1. The Morgan fingerprint density at radius 3 is 2.85 bits per heavy atom. The highest BCUT2D eigenvalue weighted by Crippen LogP contribution is 2.72. The zero-order valence-electron chi connectivity index (χ0n) is 16.0. The Morgan fingerprint density at radius 2 is 2.04 bits per heavy atom. The number of fused-ring (bicyclic) bond motifs is 3. The highest BCUT2D eigenvalue weighted by atomic mass is 16.5. The molecule has 0 unspecified atom stereocenters. The molecule has 0 saturated heterocycles. The van der Waals surface area contributed by atoms with Crippen LogP contribution in [0.5, 0.6) is 5.75 Å². The normalized spacial score (nSPS) is 43.9. The van der Waals surface area contributed by atoms with Crippen LogP contribution in [0.1, 0.15) is 68.9 Å². The zero-order valence-corrected chi connectivity index (χ0v) is 16.0. The van der Waals surface area contributed by atoms with E-state index in [0.29, 0.717) is 30.0 Å². The predicted molar refractivity (Wildman–Crippen MR) is 100 cm³/mol. The number of benzene rings is 1. The molecule has 1 spiro atoms. The SMILES string of the molecule is COc1ccc2c(c1)CC[C@@H]1[C@@H]2CC[C@]2(C)C(=O)C[C@H]3C[C@@H](O)CC[C@@]312. The van der Waals surface area contributed by atoms with Crippen LogP contribution in [0, 0.1) is 22.7 Å². The van der Waals surface area contributed by atoms with Crippen molar-refractivity contribution in [2.45, 2.75) is 70.3 Å². The van der Waals surface area contributed by atoms with Crippen molar-refractivity contribution in [2.75, 3.05) is 7.11 Å². The lowest BCUT2D eigenvalue weighted by atomic mass is 9.43. The number of hydrogen-bond donors (Lipinski definition) is 1. The lowest BCUT2D eigenvalue weighted by Gasteiger charge is -2.61. The van der Waals surface area contributed by atoms with Gasteiger partial charge in [0.1, 0.15) is 11.5 Å². The molecule has 1 N–H and O–H groups in total. The number of Topliss-reactive ketones (excluding diaryl/α,β-unsaturated/α-hetero) is 1. The third-order valence-corrected chi connectivity index (χ3v) is 8.83. The summed E-state index contributed by atoms with van der Waals surface area (Å²) < 4.78 is 5.44. The molecule has 6 atom stereocenters. The molecule has 3 nitrogen and oxygen atoms in total. The van der Waals surface area contributed by atoms with Gasteiger partial charge in [0.15, 0.2) is 0 Å². The number of ketones is 1. The molecular formula is C23H30O3. The van der Waals surface area contributed by atoms with E-state index in [4.69, 9.17) is 4.74 Å². The van der Waals surface area contributed by atoms with Crippen LogP contribution < -0.4 is 4.74 Å². The molecule has 140 valence electrons. The first kappa shape index (κ1) is 16.8. The van der Waals surface area contributed by atoms with Gasteiger partial charge in [0.2, 0.25) is 0 Å². The number of aliphatic hydroxyl groups excluding tert-OH is 1. The fourth-order valence-electron chi connectivity index (χ4n) is 7.67. The molecule has 0 aliphatic heterocycles. The van der Waals surface area contributed by atoms with Crippen molar-refractivity contribution in [3.63, 3.8) is 0 Å². The second kappa shape index (κ2) is 5.58. The number of rotatable bonds is 1. The van der Waals surface area contributed by atoms with Crippen LogP contribution in [0.4, 0.5) is 0 Å². The molecule has 0 bridgehead atoms. The zero-order chi connectivity index (χ0) is 18.1. The van der Waals surface area contributed by atoms with Crippen LogP contribution in [0.3, 0.4) is 0 Å². The van der Waals surface area contributed by atoms with Crippen LogP contribution in [0.2, 0.25) is 0 Å². The number of carbonyl (C=O) groups is 1. The number of aliphatic hydroxyl groups is 1. The van der Waals surface area contributed by atoms with E-state index in [2.05, 4.69) is 25.1 Å². The third kappa shape index (κ3) is 1.96. The van der Waals surface area contributed by atoms with Crippen LogP contribution >= 0.6 is 0 Å². The van der Waals surface area contributed by atoms with E-state index in [0.717, 1.165) is 44.3 Å². The summed E-state index contributed by atoms with van der Waals surface area (Å²) in [5, 5.41) is 10.3. The lowest BCUT2D eigenvalue weighted by molar-refractivity contribution is -0.146. The monoisotopic (exact) mass is 354 g/mol. The first-order valence-corrected chi connectivity index (χ1v) is 10.4. The highest BCUT2D eigenvalue weighted by Gasteiger charge is 2.69. The quantitative estimate of drug-likeness (QED) is 0.819. The molecule has 3 saturated carbocycles. The molecular weight excluding hydrogens is 324 g/mol. The van der Waals surface area contributed by atoms with Gasteiger partial charge in [-0.1, -0.05) is 13.0 Å². The van der Waals surface area contributed by atoms with Gasteiger partial charge in [-0.05, 0) is 91.4 Å². The molecule has 4 aliphatic rings. The summed E-state index contributed by atoms with van der Waals surface area (Å²) >= 11 is 0. The summed E-state index contributed by atoms with van der Waals surface area (Å²) in [6.07, 6.45) is 7.66. The van der Waals surface area contributed by atoms with Gasteiger partial charge in [-0.25, -0.2) is 0 Å². The van der Waals surface area contributed by atoms with E-state index in [9.17, 15) is 9.90 Å². The highest BCUT2D eigenvalue weighted by molar-refractivity contribution is 5.89. The Morgan fingerprint density at radius 1 is 1.19 bits per heavy atom. The van der Waals surface area contributed by atoms with Crippen molar-refractivity contribution in [3.05, 3.63) is 29.3 Å². The molecule has 3 fully saturated rings. The summed E-state index contributed by atoms with van der Waals surface area (Å²) in [6.45, 7) is 2.27. The maximum atomic E-state index is 13.1. The first-order valence-electron chi connectivity index (χ1n) is 10.4. The summed E-state index contributed by atoms with van der Waals surface area (Å²) in [5.74, 6) is 2.98. The van der Waals surface area contributed by atoms with Gasteiger partial charge in [0.05, 0.1) is 13.2 Å². The van der Waals surface area contributed by atoms with E-state index >= 15 is 0 Å². The van der Waals surface area contributed by atoms with Gasteiger partial charge < -0.3 is 9.84 Å². The summed E-state index contributed by atoms with van der Waals surface area (Å²) in [5.41, 5.74) is 2.90. The molecule has 5 rings (SSSR count). The van der Waals surface area contributed by atoms with Crippen LogP contribution in [0.25, 0.3) is 0 Å². The summed E-state index contributed by atoms with van der Waals surface area (Å²) in [6, 6.07) is 6.61. The average molecular weight is 354 g/mol. The molecule has 0 heterocycles. The minimum absolute atomic E-state index is 0.115. The fraction of sp³-hybridized carbons (Fsp3) is 0.696. The van der Waals surface area contributed by atoms with Gasteiger partial charge in [-0.2, -0.15) is 0 Å². The molecule has 0 aromatic heterocycles. The van der Waals surface area contributed by atoms with Crippen molar-refractivity contribution >= 4 is 5.78 Å². The topological polar surface area (TPSA) is 46.5 Å². The largest absolute Gasteiger partial charge is 0.497 e. The van der Waals surface area contributed by atoms with Gasteiger partial charge in [0.25, 0.3) is 0 Å². The molecule has 0 radical (unpaired) electrons. The molecule has 26 heavy (non-hydrogen) atoms. The number of carbonyl (C=O) groups excluding carboxylic acids is 1. The van der Waals surface area contributed by atoms with Crippen molar-refractivity contribution in [2.24, 2.45) is 22.7 Å². The van der Waals surface area contributed by atoms with Gasteiger partial charge >= 0.3 is 0 Å². The van der Waals surface area contributed by atoms with Gasteiger partial charge in [-0.15, -0.1) is 0 Å². The smallest absolute Gasteiger partial charge is 0.139 e. The Hall–Kier alpha value is -1.35. The average Bonchev–Trinajstić information content (AvgIpc) is 2.88. The van der Waals surface area contributed by atoms with Crippen molar-refractivity contribution in [1.82, 2.24) is 0 Å². The van der Waals surface area contributed by atoms with Crippen LogP contribution in [0.15, 0.2) is 18.2 Å². The van der Waals surface area contributed by atoms with Gasteiger partial charge in [-0.3, -0.25) is 4.79 Å². The maximum Gasteiger partial charge on any atom is 0.139 e. The van der Waals surface area contributed by atoms with E-state index in [1.165, 1.54) is 17.5 Å². The number of aryl methyl sites for hydroxylation is 1.